The lowest BCUT2D eigenvalue weighted by Crippen LogP contribution is -2.30. The molecule has 3 rings (SSSR count). The predicted molar refractivity (Wildman–Crippen MR) is 103 cm³/mol. The zero-order valence-corrected chi connectivity index (χ0v) is 15.7. The van der Waals surface area contributed by atoms with Gasteiger partial charge in [0, 0.05) is 22.5 Å². The summed E-state index contributed by atoms with van der Waals surface area (Å²) >= 11 is 3.56. The molecule has 0 bridgehead atoms. The number of nitrogens with one attached hydrogen (secondary N) is 1. The highest BCUT2D eigenvalue weighted by atomic mass is 79.9. The third-order valence-electron chi connectivity index (χ3n) is 4.90. The van der Waals surface area contributed by atoms with Crippen LogP contribution in [0.2, 0.25) is 0 Å². The summed E-state index contributed by atoms with van der Waals surface area (Å²) in [6, 6.07) is 16.9. The number of benzene rings is 2. The SMILES string of the molecule is CCc1ccc(NC(c2cccc(Br)c2)C2CCCCC2=O)cc1. The van der Waals surface area contributed by atoms with E-state index in [1.165, 1.54) is 11.1 Å². The van der Waals surface area contributed by atoms with Gasteiger partial charge in [-0.25, -0.2) is 0 Å². The van der Waals surface area contributed by atoms with Gasteiger partial charge in [-0.1, -0.05) is 53.5 Å². The number of Topliss-reactive ketones (excluding diaryl/α,β-unsaturated/α-hetero) is 1. The Bertz CT molecular complexity index is 695. The quantitative estimate of drug-likeness (QED) is 0.691. The zero-order chi connectivity index (χ0) is 16.9. The van der Waals surface area contributed by atoms with Gasteiger partial charge in [-0.2, -0.15) is 0 Å². The first-order valence-electron chi connectivity index (χ1n) is 8.81. The lowest BCUT2D eigenvalue weighted by Gasteiger charge is -2.31. The molecule has 2 atom stereocenters. The summed E-state index contributed by atoms with van der Waals surface area (Å²) in [5, 5.41) is 3.63. The number of rotatable bonds is 5. The Labute approximate surface area is 152 Å². The van der Waals surface area contributed by atoms with Crippen molar-refractivity contribution in [3.05, 3.63) is 64.1 Å². The van der Waals surface area contributed by atoms with Crippen LogP contribution in [0.4, 0.5) is 5.69 Å². The molecule has 0 aromatic heterocycles. The number of anilines is 1. The molecule has 0 aliphatic heterocycles. The Morgan fingerprint density at radius 3 is 2.62 bits per heavy atom. The third-order valence-corrected chi connectivity index (χ3v) is 5.39. The van der Waals surface area contributed by atoms with Crippen LogP contribution in [0.15, 0.2) is 53.0 Å². The first-order valence-corrected chi connectivity index (χ1v) is 9.60. The molecule has 2 nitrogen and oxygen atoms in total. The number of aryl methyl sites for hydroxylation is 1. The molecule has 2 unspecified atom stereocenters. The van der Waals surface area contributed by atoms with E-state index in [-0.39, 0.29) is 12.0 Å². The Morgan fingerprint density at radius 2 is 1.96 bits per heavy atom. The fourth-order valence-corrected chi connectivity index (χ4v) is 3.91. The highest BCUT2D eigenvalue weighted by Crippen LogP contribution is 2.35. The highest BCUT2D eigenvalue weighted by molar-refractivity contribution is 9.10. The van der Waals surface area contributed by atoms with E-state index in [9.17, 15) is 4.79 Å². The molecule has 0 radical (unpaired) electrons. The summed E-state index contributed by atoms with van der Waals surface area (Å²) < 4.78 is 1.05. The zero-order valence-electron chi connectivity index (χ0n) is 14.1. The topological polar surface area (TPSA) is 29.1 Å². The van der Waals surface area contributed by atoms with Gasteiger partial charge in [-0.15, -0.1) is 0 Å². The molecule has 0 amide bonds. The van der Waals surface area contributed by atoms with Crippen LogP contribution in [0.3, 0.4) is 0 Å². The second kappa shape index (κ2) is 7.98. The second-order valence-electron chi connectivity index (χ2n) is 6.55. The van der Waals surface area contributed by atoms with E-state index >= 15 is 0 Å². The van der Waals surface area contributed by atoms with Crippen molar-refractivity contribution in [2.45, 2.75) is 45.1 Å². The van der Waals surface area contributed by atoms with E-state index in [2.05, 4.69) is 64.6 Å². The first kappa shape index (κ1) is 17.2. The minimum absolute atomic E-state index is 0.0303. The van der Waals surface area contributed by atoms with Crippen LogP contribution in [0.5, 0.6) is 0 Å². The average molecular weight is 386 g/mol. The van der Waals surface area contributed by atoms with Crippen molar-refractivity contribution in [3.8, 4) is 0 Å². The smallest absolute Gasteiger partial charge is 0.138 e. The minimum Gasteiger partial charge on any atom is -0.378 e. The van der Waals surface area contributed by atoms with Gasteiger partial charge in [0.15, 0.2) is 0 Å². The predicted octanol–water partition coefficient (Wildman–Crippen LogP) is 5.92. The average Bonchev–Trinajstić information content (AvgIpc) is 2.61. The van der Waals surface area contributed by atoms with Crippen molar-refractivity contribution >= 4 is 27.4 Å². The Kier molecular flexibility index (Phi) is 5.72. The second-order valence-corrected chi connectivity index (χ2v) is 7.46. The molecular weight excluding hydrogens is 362 g/mol. The first-order chi connectivity index (χ1) is 11.7. The van der Waals surface area contributed by atoms with E-state index in [0.717, 1.165) is 35.8 Å². The normalized spacial score (nSPS) is 19.1. The molecule has 1 N–H and O–H groups in total. The van der Waals surface area contributed by atoms with Crippen molar-refractivity contribution in [3.63, 3.8) is 0 Å². The van der Waals surface area contributed by atoms with Gasteiger partial charge < -0.3 is 5.32 Å². The maximum absolute atomic E-state index is 12.5. The van der Waals surface area contributed by atoms with Gasteiger partial charge in [-0.3, -0.25) is 4.79 Å². The van der Waals surface area contributed by atoms with E-state index in [4.69, 9.17) is 0 Å². The van der Waals surface area contributed by atoms with Crippen LogP contribution in [0.1, 0.15) is 49.8 Å². The molecule has 0 spiro atoms. The van der Waals surface area contributed by atoms with Crippen molar-refractivity contribution in [1.82, 2.24) is 0 Å². The number of ketones is 1. The summed E-state index contributed by atoms with van der Waals surface area (Å²) in [5.41, 5.74) is 3.58. The van der Waals surface area contributed by atoms with Gasteiger partial charge in [-0.05, 0) is 54.7 Å². The van der Waals surface area contributed by atoms with Gasteiger partial charge in [0.2, 0.25) is 0 Å². The van der Waals surface area contributed by atoms with Gasteiger partial charge in [0.25, 0.3) is 0 Å². The van der Waals surface area contributed by atoms with Gasteiger partial charge in [0.05, 0.1) is 6.04 Å². The number of halogens is 1. The molecule has 1 aliphatic carbocycles. The lowest BCUT2D eigenvalue weighted by atomic mass is 9.80. The molecule has 2 aromatic carbocycles. The monoisotopic (exact) mass is 385 g/mol. The Balaban J connectivity index is 1.90. The molecule has 24 heavy (non-hydrogen) atoms. The fraction of sp³-hybridized carbons (Fsp3) is 0.381. The maximum Gasteiger partial charge on any atom is 0.138 e. The van der Waals surface area contributed by atoms with Crippen LogP contribution in [0, 0.1) is 5.92 Å². The van der Waals surface area contributed by atoms with E-state index in [0.29, 0.717) is 12.2 Å². The van der Waals surface area contributed by atoms with Crippen LogP contribution in [-0.4, -0.2) is 5.78 Å². The largest absolute Gasteiger partial charge is 0.378 e. The fourth-order valence-electron chi connectivity index (χ4n) is 3.49. The van der Waals surface area contributed by atoms with E-state index in [1.54, 1.807) is 0 Å². The summed E-state index contributed by atoms with van der Waals surface area (Å²) in [6.07, 6.45) is 4.89. The van der Waals surface area contributed by atoms with Crippen molar-refractivity contribution < 1.29 is 4.79 Å². The maximum atomic E-state index is 12.5. The molecule has 3 heteroatoms. The van der Waals surface area contributed by atoms with Crippen LogP contribution in [-0.2, 0) is 11.2 Å². The molecule has 1 fully saturated rings. The third kappa shape index (κ3) is 4.07. The molecular formula is C21H24BrNO. The van der Waals surface area contributed by atoms with Crippen molar-refractivity contribution in [2.24, 2.45) is 5.92 Å². The van der Waals surface area contributed by atoms with Gasteiger partial charge in [0.1, 0.15) is 5.78 Å². The molecule has 0 saturated heterocycles. The summed E-state index contributed by atoms with van der Waals surface area (Å²) in [4.78, 5) is 12.5. The van der Waals surface area contributed by atoms with Crippen LogP contribution >= 0.6 is 15.9 Å². The summed E-state index contributed by atoms with van der Waals surface area (Å²) in [6.45, 7) is 2.16. The van der Waals surface area contributed by atoms with E-state index in [1.807, 2.05) is 12.1 Å². The Hall–Kier alpha value is -1.61. The molecule has 2 aromatic rings. The molecule has 126 valence electrons. The number of hydrogen-bond donors (Lipinski definition) is 1. The Morgan fingerprint density at radius 1 is 1.17 bits per heavy atom. The standard InChI is InChI=1S/C21H24BrNO/c1-2-15-10-12-18(13-11-15)23-21(16-6-5-7-17(22)14-16)19-8-3-4-9-20(19)24/h5-7,10-14,19,21,23H,2-4,8-9H2,1H3. The number of carbonyl (C=O) groups is 1. The minimum atomic E-state index is 0.0303. The van der Waals surface area contributed by atoms with Gasteiger partial charge >= 0.3 is 0 Å². The lowest BCUT2D eigenvalue weighted by molar-refractivity contribution is -0.125. The highest BCUT2D eigenvalue weighted by Gasteiger charge is 2.31. The summed E-state index contributed by atoms with van der Waals surface area (Å²) in [7, 11) is 0. The van der Waals surface area contributed by atoms with Crippen LogP contribution in [0.25, 0.3) is 0 Å². The van der Waals surface area contributed by atoms with Crippen molar-refractivity contribution in [1.29, 1.82) is 0 Å². The molecule has 0 heterocycles. The molecule has 1 saturated carbocycles. The van der Waals surface area contributed by atoms with Crippen LogP contribution < -0.4 is 5.32 Å². The number of carbonyl (C=O) groups excluding carboxylic acids is 1. The molecule has 1 aliphatic rings. The van der Waals surface area contributed by atoms with Crippen molar-refractivity contribution in [2.75, 3.05) is 5.32 Å². The number of hydrogen-bond acceptors (Lipinski definition) is 2. The van der Waals surface area contributed by atoms with E-state index < -0.39 is 0 Å². The summed E-state index contributed by atoms with van der Waals surface area (Å²) in [5.74, 6) is 0.447.